The summed E-state index contributed by atoms with van der Waals surface area (Å²) in [5.74, 6) is -0.485. The molecule has 0 N–H and O–H groups in total. The van der Waals surface area contributed by atoms with Crippen LogP contribution in [-0.2, 0) is 30.7 Å². The van der Waals surface area contributed by atoms with E-state index in [9.17, 15) is 17.6 Å². The van der Waals surface area contributed by atoms with E-state index in [-0.39, 0.29) is 30.6 Å². The zero-order valence-corrected chi connectivity index (χ0v) is 18.2. The molecule has 0 aliphatic carbocycles. The summed E-state index contributed by atoms with van der Waals surface area (Å²) in [4.78, 5) is 15.3. The van der Waals surface area contributed by atoms with Crippen molar-refractivity contribution in [3.8, 4) is 0 Å². The van der Waals surface area contributed by atoms with Crippen molar-refractivity contribution in [1.29, 1.82) is 0 Å². The molecule has 2 saturated heterocycles. The number of amides is 1. The standard InChI is InChI=1S/C23H27FN2O4S/c24-21-8-4-7-20(17-21)23(9-15-30-16-10-23)22(27)25-11-13-26(14-12-25)31(28,29)18-19-5-2-1-3-6-19/h1-8,17H,9-16,18H2. The van der Waals surface area contributed by atoms with Crippen LogP contribution in [0, 0.1) is 5.82 Å². The van der Waals surface area contributed by atoms with E-state index in [2.05, 4.69) is 0 Å². The fourth-order valence-electron chi connectivity index (χ4n) is 4.48. The zero-order chi connectivity index (χ0) is 21.9. The molecule has 0 bridgehead atoms. The number of ether oxygens (including phenoxy) is 1. The van der Waals surface area contributed by atoms with Crippen molar-refractivity contribution in [3.63, 3.8) is 0 Å². The highest BCUT2D eigenvalue weighted by Crippen LogP contribution is 2.37. The van der Waals surface area contributed by atoms with Crippen molar-refractivity contribution < 1.29 is 22.3 Å². The number of hydrogen-bond donors (Lipinski definition) is 0. The van der Waals surface area contributed by atoms with Gasteiger partial charge in [-0.1, -0.05) is 42.5 Å². The van der Waals surface area contributed by atoms with Crippen LogP contribution in [0.5, 0.6) is 0 Å². The monoisotopic (exact) mass is 446 g/mol. The number of rotatable bonds is 5. The van der Waals surface area contributed by atoms with E-state index in [4.69, 9.17) is 4.74 Å². The Morgan fingerprint density at radius 3 is 2.29 bits per heavy atom. The van der Waals surface area contributed by atoms with Gasteiger partial charge in [-0.2, -0.15) is 4.31 Å². The fraction of sp³-hybridized carbons (Fsp3) is 0.435. The third-order valence-corrected chi connectivity index (χ3v) is 8.09. The van der Waals surface area contributed by atoms with Crippen molar-refractivity contribution in [2.75, 3.05) is 39.4 Å². The number of carbonyl (C=O) groups is 1. The van der Waals surface area contributed by atoms with Crippen LogP contribution in [0.2, 0.25) is 0 Å². The third-order valence-electron chi connectivity index (χ3n) is 6.24. The maximum atomic E-state index is 13.9. The molecule has 4 rings (SSSR count). The maximum Gasteiger partial charge on any atom is 0.233 e. The second-order valence-corrected chi connectivity index (χ2v) is 10.1. The van der Waals surface area contributed by atoms with Gasteiger partial charge in [0.2, 0.25) is 15.9 Å². The molecule has 6 nitrogen and oxygen atoms in total. The molecule has 1 amide bonds. The molecule has 31 heavy (non-hydrogen) atoms. The minimum Gasteiger partial charge on any atom is -0.381 e. The van der Waals surface area contributed by atoms with Gasteiger partial charge in [0, 0.05) is 39.4 Å². The summed E-state index contributed by atoms with van der Waals surface area (Å²) in [6, 6.07) is 15.3. The molecule has 166 valence electrons. The number of nitrogens with zero attached hydrogens (tertiary/aromatic N) is 2. The summed E-state index contributed by atoms with van der Waals surface area (Å²) in [7, 11) is -3.46. The van der Waals surface area contributed by atoms with Gasteiger partial charge in [0.15, 0.2) is 0 Å². The highest BCUT2D eigenvalue weighted by atomic mass is 32.2. The number of halogens is 1. The third kappa shape index (κ3) is 4.66. The summed E-state index contributed by atoms with van der Waals surface area (Å²) >= 11 is 0. The average Bonchev–Trinajstić information content (AvgIpc) is 2.79. The fourth-order valence-corrected chi connectivity index (χ4v) is 6.00. The Balaban J connectivity index is 1.47. The van der Waals surface area contributed by atoms with E-state index in [1.54, 1.807) is 29.2 Å². The summed E-state index contributed by atoms with van der Waals surface area (Å²) < 4.78 is 46.5. The Hall–Kier alpha value is -2.29. The first-order chi connectivity index (χ1) is 14.9. The number of benzene rings is 2. The van der Waals surface area contributed by atoms with Gasteiger partial charge in [-0.05, 0) is 36.1 Å². The molecule has 8 heteroatoms. The van der Waals surface area contributed by atoms with Gasteiger partial charge in [-0.15, -0.1) is 0 Å². The molecule has 0 unspecified atom stereocenters. The lowest BCUT2D eigenvalue weighted by molar-refractivity contribution is -0.142. The Morgan fingerprint density at radius 2 is 1.65 bits per heavy atom. The van der Waals surface area contributed by atoms with Crippen LogP contribution in [-0.4, -0.2) is 62.9 Å². The molecule has 2 aliphatic rings. The highest BCUT2D eigenvalue weighted by molar-refractivity contribution is 7.88. The Morgan fingerprint density at radius 1 is 0.968 bits per heavy atom. The summed E-state index contributed by atoms with van der Waals surface area (Å²) in [5.41, 5.74) is 0.582. The minimum atomic E-state index is -3.46. The lowest BCUT2D eigenvalue weighted by Gasteiger charge is -2.42. The van der Waals surface area contributed by atoms with E-state index in [1.807, 2.05) is 18.2 Å². The minimum absolute atomic E-state index is 0.0493. The molecule has 2 fully saturated rings. The predicted molar refractivity (Wildman–Crippen MR) is 115 cm³/mol. The molecule has 2 aliphatic heterocycles. The number of piperazine rings is 1. The molecular weight excluding hydrogens is 419 g/mol. The summed E-state index contributed by atoms with van der Waals surface area (Å²) in [6.07, 6.45) is 0.976. The van der Waals surface area contributed by atoms with E-state index >= 15 is 0 Å². The molecule has 0 atom stereocenters. The van der Waals surface area contributed by atoms with Gasteiger partial charge >= 0.3 is 0 Å². The van der Waals surface area contributed by atoms with Crippen LogP contribution in [0.3, 0.4) is 0 Å². The van der Waals surface area contributed by atoms with Gasteiger partial charge in [0.25, 0.3) is 0 Å². The summed E-state index contributed by atoms with van der Waals surface area (Å²) in [5, 5.41) is 0. The van der Waals surface area contributed by atoms with Crippen LogP contribution in [0.25, 0.3) is 0 Å². The van der Waals surface area contributed by atoms with Crippen LogP contribution < -0.4 is 0 Å². The summed E-state index contributed by atoms with van der Waals surface area (Å²) in [6.45, 7) is 2.05. The van der Waals surface area contributed by atoms with E-state index in [0.29, 0.717) is 44.7 Å². The SMILES string of the molecule is O=C(N1CCN(S(=O)(=O)Cc2ccccc2)CC1)C1(c2cccc(F)c2)CCOCC1. The van der Waals surface area contributed by atoms with E-state index in [1.165, 1.54) is 16.4 Å². The van der Waals surface area contributed by atoms with Crippen LogP contribution in [0.1, 0.15) is 24.0 Å². The van der Waals surface area contributed by atoms with Crippen molar-refractivity contribution in [1.82, 2.24) is 9.21 Å². The lowest BCUT2D eigenvalue weighted by atomic mass is 9.73. The molecular formula is C23H27FN2O4S. The Bertz CT molecular complexity index is 1010. The van der Waals surface area contributed by atoms with Crippen molar-refractivity contribution in [2.24, 2.45) is 0 Å². The van der Waals surface area contributed by atoms with Crippen LogP contribution in [0.15, 0.2) is 54.6 Å². The lowest BCUT2D eigenvalue weighted by Crippen LogP contribution is -2.56. The van der Waals surface area contributed by atoms with Gasteiger partial charge < -0.3 is 9.64 Å². The largest absolute Gasteiger partial charge is 0.381 e. The molecule has 2 aromatic rings. The maximum absolute atomic E-state index is 13.9. The number of sulfonamides is 1. The first-order valence-corrected chi connectivity index (χ1v) is 12.2. The van der Waals surface area contributed by atoms with Gasteiger partial charge in [-0.25, -0.2) is 12.8 Å². The Kier molecular flexibility index (Phi) is 6.41. The number of carbonyl (C=O) groups excluding carboxylic acids is 1. The molecule has 2 heterocycles. The average molecular weight is 447 g/mol. The number of hydrogen-bond acceptors (Lipinski definition) is 4. The second-order valence-electron chi connectivity index (χ2n) is 8.14. The highest BCUT2D eigenvalue weighted by Gasteiger charge is 2.45. The first kappa shape index (κ1) is 21.9. The first-order valence-electron chi connectivity index (χ1n) is 10.6. The van der Waals surface area contributed by atoms with E-state index in [0.717, 1.165) is 5.56 Å². The van der Waals surface area contributed by atoms with Gasteiger partial charge in [0.05, 0.1) is 11.2 Å². The van der Waals surface area contributed by atoms with Crippen molar-refractivity contribution >= 4 is 15.9 Å². The second kappa shape index (κ2) is 9.06. The smallest absolute Gasteiger partial charge is 0.233 e. The topological polar surface area (TPSA) is 66.9 Å². The Labute approximate surface area is 182 Å². The quantitative estimate of drug-likeness (QED) is 0.708. The van der Waals surface area contributed by atoms with Crippen molar-refractivity contribution in [3.05, 3.63) is 71.5 Å². The van der Waals surface area contributed by atoms with Crippen LogP contribution in [0.4, 0.5) is 4.39 Å². The zero-order valence-electron chi connectivity index (χ0n) is 17.4. The predicted octanol–water partition coefficient (Wildman–Crippen LogP) is 2.55. The normalized spacial score (nSPS) is 19.8. The molecule has 2 aromatic carbocycles. The molecule has 0 radical (unpaired) electrons. The van der Waals surface area contributed by atoms with E-state index < -0.39 is 15.4 Å². The van der Waals surface area contributed by atoms with Gasteiger partial charge in [0.1, 0.15) is 5.82 Å². The van der Waals surface area contributed by atoms with Gasteiger partial charge in [-0.3, -0.25) is 4.79 Å². The van der Waals surface area contributed by atoms with Crippen LogP contribution >= 0.6 is 0 Å². The van der Waals surface area contributed by atoms with Crippen molar-refractivity contribution in [2.45, 2.75) is 24.0 Å². The molecule has 0 spiro atoms. The molecule has 0 saturated carbocycles. The molecule has 0 aromatic heterocycles.